The minimum atomic E-state index is 1.09. The largest absolute Gasteiger partial charge is 0.317 e. The smallest absolute Gasteiger partial charge is 0.00489 e. The maximum Gasteiger partial charge on any atom is -0.00489 e. The van der Waals surface area contributed by atoms with Gasteiger partial charge in [-0.15, -0.1) is 0 Å². The lowest BCUT2D eigenvalue weighted by Crippen LogP contribution is -2.16. The molecule has 0 unspecified atom stereocenters. The molecule has 0 spiro atoms. The summed E-state index contributed by atoms with van der Waals surface area (Å²) >= 11 is 0. The standard InChI is InChI=1S/C16H35N.C10H12/c1-3-5-7-9-11-13-15-17-16-14-12-10-8-6-4-2;1-3-9-7-5-6-8-10(9)4-2/h17H,3-16H2,1-2H3;3,5-8H,1,4H2,2H3. The average molecular weight is 374 g/mol. The minimum absolute atomic E-state index is 1.09. The van der Waals surface area contributed by atoms with E-state index in [0.717, 1.165) is 6.42 Å². The predicted molar refractivity (Wildman–Crippen MR) is 126 cm³/mol. The number of rotatable bonds is 16. The molecule has 1 heteroatoms. The van der Waals surface area contributed by atoms with Crippen molar-refractivity contribution in [1.29, 1.82) is 0 Å². The Bertz CT molecular complexity index is 410. The molecule has 1 rings (SSSR count). The molecule has 1 N–H and O–H groups in total. The zero-order valence-electron chi connectivity index (χ0n) is 18.7. The summed E-state index contributed by atoms with van der Waals surface area (Å²) in [5, 5.41) is 3.57. The summed E-state index contributed by atoms with van der Waals surface area (Å²) in [5.41, 5.74) is 2.63. The van der Waals surface area contributed by atoms with Crippen LogP contribution in [0.25, 0.3) is 6.08 Å². The SMILES string of the molecule is C=Cc1ccccc1CC.CCCCCCCCNCCCCCCCC. The third-order valence-corrected chi connectivity index (χ3v) is 5.07. The van der Waals surface area contributed by atoms with Crippen molar-refractivity contribution < 1.29 is 0 Å². The van der Waals surface area contributed by atoms with E-state index in [1.165, 1.54) is 101 Å². The fourth-order valence-corrected chi connectivity index (χ4v) is 3.24. The van der Waals surface area contributed by atoms with Gasteiger partial charge in [0.25, 0.3) is 0 Å². The molecule has 0 amide bonds. The van der Waals surface area contributed by atoms with E-state index >= 15 is 0 Å². The number of benzene rings is 1. The fraction of sp³-hybridized carbons (Fsp3) is 0.692. The lowest BCUT2D eigenvalue weighted by molar-refractivity contribution is 0.543. The summed E-state index contributed by atoms with van der Waals surface area (Å²) in [6, 6.07) is 8.32. The number of nitrogens with one attached hydrogen (secondary N) is 1. The van der Waals surface area contributed by atoms with E-state index in [4.69, 9.17) is 0 Å². The first kappa shape index (κ1) is 25.9. The topological polar surface area (TPSA) is 12.0 Å². The normalized spacial score (nSPS) is 10.3. The van der Waals surface area contributed by atoms with Gasteiger partial charge in [-0.1, -0.05) is 122 Å². The molecule has 0 radical (unpaired) electrons. The Kier molecular flexibility index (Phi) is 20.4. The zero-order chi connectivity index (χ0) is 20.0. The van der Waals surface area contributed by atoms with Crippen molar-refractivity contribution >= 4 is 6.08 Å². The molecule has 0 atom stereocenters. The summed E-state index contributed by atoms with van der Waals surface area (Å²) in [4.78, 5) is 0. The van der Waals surface area contributed by atoms with Crippen LogP contribution in [0.2, 0.25) is 0 Å². The third-order valence-electron chi connectivity index (χ3n) is 5.07. The van der Waals surface area contributed by atoms with E-state index in [1.54, 1.807) is 0 Å². The highest BCUT2D eigenvalue weighted by Crippen LogP contribution is 2.09. The molecule has 0 aliphatic rings. The second-order valence-electron chi connectivity index (χ2n) is 7.54. The lowest BCUT2D eigenvalue weighted by Gasteiger charge is -2.04. The first-order valence-corrected chi connectivity index (χ1v) is 11.7. The molecule has 0 aliphatic carbocycles. The third kappa shape index (κ3) is 16.8. The Morgan fingerprint density at radius 1 is 0.704 bits per heavy atom. The van der Waals surface area contributed by atoms with E-state index in [1.807, 2.05) is 12.1 Å². The molecule has 27 heavy (non-hydrogen) atoms. The maximum absolute atomic E-state index is 3.74. The molecular formula is C26H47N. The van der Waals surface area contributed by atoms with Crippen molar-refractivity contribution in [1.82, 2.24) is 5.32 Å². The second kappa shape index (κ2) is 21.2. The highest BCUT2D eigenvalue weighted by Gasteiger charge is 1.93. The van der Waals surface area contributed by atoms with E-state index in [9.17, 15) is 0 Å². The predicted octanol–water partition coefficient (Wildman–Crippen LogP) is 8.19. The monoisotopic (exact) mass is 373 g/mol. The van der Waals surface area contributed by atoms with Crippen LogP contribution in [-0.4, -0.2) is 13.1 Å². The van der Waals surface area contributed by atoms with Crippen molar-refractivity contribution in [2.45, 2.75) is 104 Å². The van der Waals surface area contributed by atoms with Crippen LogP contribution in [0, 0.1) is 0 Å². The molecule has 0 bridgehead atoms. The van der Waals surface area contributed by atoms with Crippen molar-refractivity contribution in [3.8, 4) is 0 Å². The van der Waals surface area contributed by atoms with Crippen LogP contribution < -0.4 is 5.32 Å². The molecule has 156 valence electrons. The van der Waals surface area contributed by atoms with Gasteiger partial charge in [0, 0.05) is 0 Å². The molecular weight excluding hydrogens is 326 g/mol. The number of hydrogen-bond donors (Lipinski definition) is 1. The van der Waals surface area contributed by atoms with Gasteiger partial charge in [0.1, 0.15) is 0 Å². The van der Waals surface area contributed by atoms with Gasteiger partial charge in [0.2, 0.25) is 0 Å². The van der Waals surface area contributed by atoms with Crippen LogP contribution >= 0.6 is 0 Å². The quantitative estimate of drug-likeness (QED) is 0.288. The number of aryl methyl sites for hydroxylation is 1. The molecule has 1 aromatic rings. The summed E-state index contributed by atoms with van der Waals surface area (Å²) in [6.07, 6.45) is 19.9. The van der Waals surface area contributed by atoms with Crippen LogP contribution in [0.5, 0.6) is 0 Å². The Morgan fingerprint density at radius 2 is 1.19 bits per heavy atom. The Labute approximate surface area is 171 Å². The van der Waals surface area contributed by atoms with Crippen molar-refractivity contribution in [2.75, 3.05) is 13.1 Å². The first-order chi connectivity index (χ1) is 13.3. The lowest BCUT2D eigenvalue weighted by atomic mass is 10.1. The molecule has 0 aliphatic heterocycles. The van der Waals surface area contributed by atoms with Gasteiger partial charge < -0.3 is 5.32 Å². The van der Waals surface area contributed by atoms with Gasteiger partial charge in [-0.25, -0.2) is 0 Å². The average Bonchev–Trinajstić information content (AvgIpc) is 2.72. The number of hydrogen-bond acceptors (Lipinski definition) is 1. The van der Waals surface area contributed by atoms with Crippen molar-refractivity contribution in [3.05, 3.63) is 42.0 Å². The van der Waals surface area contributed by atoms with E-state index in [0.29, 0.717) is 0 Å². The molecule has 0 aromatic heterocycles. The van der Waals surface area contributed by atoms with Gasteiger partial charge in [0.05, 0.1) is 0 Å². The van der Waals surface area contributed by atoms with Gasteiger partial charge in [-0.3, -0.25) is 0 Å². The van der Waals surface area contributed by atoms with Crippen LogP contribution in [0.15, 0.2) is 30.8 Å². The van der Waals surface area contributed by atoms with Crippen molar-refractivity contribution in [2.24, 2.45) is 0 Å². The number of unbranched alkanes of at least 4 members (excludes halogenated alkanes) is 10. The van der Waals surface area contributed by atoms with Gasteiger partial charge in [-0.2, -0.15) is 0 Å². The van der Waals surface area contributed by atoms with Gasteiger partial charge in [0.15, 0.2) is 0 Å². The second-order valence-corrected chi connectivity index (χ2v) is 7.54. The van der Waals surface area contributed by atoms with E-state index in [-0.39, 0.29) is 0 Å². The zero-order valence-corrected chi connectivity index (χ0v) is 18.7. The Morgan fingerprint density at radius 3 is 1.63 bits per heavy atom. The van der Waals surface area contributed by atoms with Crippen LogP contribution in [0.4, 0.5) is 0 Å². The molecule has 0 fully saturated rings. The Balaban J connectivity index is 0.000000569. The van der Waals surface area contributed by atoms with E-state index in [2.05, 4.69) is 50.9 Å². The summed E-state index contributed by atoms with van der Waals surface area (Å²) in [5.74, 6) is 0. The molecule has 0 saturated carbocycles. The van der Waals surface area contributed by atoms with Crippen LogP contribution in [0.3, 0.4) is 0 Å². The fourth-order valence-electron chi connectivity index (χ4n) is 3.24. The van der Waals surface area contributed by atoms with Gasteiger partial charge in [-0.05, 0) is 43.5 Å². The van der Waals surface area contributed by atoms with Crippen molar-refractivity contribution in [3.63, 3.8) is 0 Å². The highest BCUT2D eigenvalue weighted by atomic mass is 14.8. The molecule has 1 aromatic carbocycles. The summed E-state index contributed by atoms with van der Waals surface area (Å²) in [6.45, 7) is 12.9. The maximum atomic E-state index is 3.74. The highest BCUT2D eigenvalue weighted by molar-refractivity contribution is 5.51. The summed E-state index contributed by atoms with van der Waals surface area (Å²) in [7, 11) is 0. The molecule has 1 nitrogen and oxygen atoms in total. The molecule has 0 saturated heterocycles. The van der Waals surface area contributed by atoms with Gasteiger partial charge >= 0.3 is 0 Å². The minimum Gasteiger partial charge on any atom is -0.317 e. The molecule has 0 heterocycles. The first-order valence-electron chi connectivity index (χ1n) is 11.7. The van der Waals surface area contributed by atoms with Crippen LogP contribution in [-0.2, 0) is 6.42 Å². The Hall–Kier alpha value is -1.08. The summed E-state index contributed by atoms with van der Waals surface area (Å²) < 4.78 is 0. The van der Waals surface area contributed by atoms with Crippen LogP contribution in [0.1, 0.15) is 109 Å². The van der Waals surface area contributed by atoms with E-state index < -0.39 is 0 Å².